The maximum absolute atomic E-state index is 5.42. The van der Waals surface area contributed by atoms with Crippen LogP contribution >= 0.6 is 0 Å². The summed E-state index contributed by atoms with van der Waals surface area (Å²) in [6.07, 6.45) is 2.71. The Morgan fingerprint density at radius 3 is 2.94 bits per heavy atom. The summed E-state index contributed by atoms with van der Waals surface area (Å²) in [6.45, 7) is 13.0. The molecular weight excluding hydrogens is 200 g/mol. The highest BCUT2D eigenvalue weighted by Gasteiger charge is 2.23. The van der Waals surface area contributed by atoms with Crippen molar-refractivity contribution in [3.8, 4) is 0 Å². The van der Waals surface area contributed by atoms with Gasteiger partial charge < -0.3 is 15.0 Å². The molecule has 96 valence electrons. The van der Waals surface area contributed by atoms with Crippen LogP contribution in [-0.4, -0.2) is 50.3 Å². The molecule has 0 spiro atoms. The van der Waals surface area contributed by atoms with Crippen LogP contribution in [0.5, 0.6) is 0 Å². The Labute approximate surface area is 101 Å². The van der Waals surface area contributed by atoms with Crippen molar-refractivity contribution in [3.05, 3.63) is 0 Å². The highest BCUT2D eigenvalue weighted by atomic mass is 16.5. The van der Waals surface area contributed by atoms with E-state index in [9.17, 15) is 0 Å². The summed E-state index contributed by atoms with van der Waals surface area (Å²) < 4.78 is 5.42. The highest BCUT2D eigenvalue weighted by molar-refractivity contribution is 4.79. The lowest BCUT2D eigenvalue weighted by atomic mass is 9.91. The van der Waals surface area contributed by atoms with Crippen LogP contribution in [0.2, 0.25) is 0 Å². The maximum atomic E-state index is 5.42. The van der Waals surface area contributed by atoms with Crippen molar-refractivity contribution in [2.45, 2.75) is 39.7 Å². The van der Waals surface area contributed by atoms with E-state index in [1.54, 1.807) is 0 Å². The van der Waals surface area contributed by atoms with Gasteiger partial charge in [0.1, 0.15) is 0 Å². The van der Waals surface area contributed by atoms with E-state index in [2.05, 4.69) is 31.0 Å². The van der Waals surface area contributed by atoms with E-state index in [1.165, 1.54) is 25.9 Å². The SMILES string of the molecule is CCNC(C)C1CCCN(CCOCC)C1. The van der Waals surface area contributed by atoms with Gasteiger partial charge in [0.15, 0.2) is 0 Å². The minimum atomic E-state index is 0.653. The molecule has 1 fully saturated rings. The highest BCUT2D eigenvalue weighted by Crippen LogP contribution is 2.19. The number of nitrogens with one attached hydrogen (secondary N) is 1. The summed E-state index contributed by atoms with van der Waals surface area (Å²) in [5.74, 6) is 0.815. The third-order valence-electron chi connectivity index (χ3n) is 3.53. The zero-order valence-corrected chi connectivity index (χ0v) is 11.2. The van der Waals surface area contributed by atoms with E-state index in [0.29, 0.717) is 6.04 Å². The van der Waals surface area contributed by atoms with Crippen LogP contribution in [0.3, 0.4) is 0 Å². The molecule has 3 heteroatoms. The number of nitrogens with zero attached hydrogens (tertiary/aromatic N) is 1. The Morgan fingerprint density at radius 1 is 1.44 bits per heavy atom. The largest absolute Gasteiger partial charge is 0.380 e. The van der Waals surface area contributed by atoms with Crippen LogP contribution in [-0.2, 0) is 4.74 Å². The molecule has 16 heavy (non-hydrogen) atoms. The van der Waals surface area contributed by atoms with Crippen molar-refractivity contribution in [3.63, 3.8) is 0 Å². The maximum Gasteiger partial charge on any atom is 0.0593 e. The van der Waals surface area contributed by atoms with Crippen LogP contribution in [0.4, 0.5) is 0 Å². The minimum Gasteiger partial charge on any atom is -0.380 e. The number of likely N-dealkylation sites (tertiary alicyclic amines) is 1. The van der Waals surface area contributed by atoms with Gasteiger partial charge in [0.05, 0.1) is 6.61 Å². The van der Waals surface area contributed by atoms with Crippen molar-refractivity contribution >= 4 is 0 Å². The molecule has 0 saturated carbocycles. The molecule has 2 atom stereocenters. The lowest BCUT2D eigenvalue weighted by Crippen LogP contribution is -2.45. The predicted octanol–water partition coefficient (Wildman–Crippen LogP) is 1.73. The van der Waals surface area contributed by atoms with E-state index < -0.39 is 0 Å². The Morgan fingerprint density at radius 2 is 2.25 bits per heavy atom. The van der Waals surface area contributed by atoms with E-state index in [-0.39, 0.29) is 0 Å². The average molecular weight is 228 g/mol. The fourth-order valence-electron chi connectivity index (χ4n) is 2.53. The van der Waals surface area contributed by atoms with Gasteiger partial charge in [-0.05, 0) is 45.7 Å². The quantitative estimate of drug-likeness (QED) is 0.672. The molecule has 0 aromatic heterocycles. The summed E-state index contributed by atoms with van der Waals surface area (Å²) in [7, 11) is 0. The number of hydrogen-bond acceptors (Lipinski definition) is 3. The third kappa shape index (κ3) is 4.81. The number of ether oxygens (including phenoxy) is 1. The third-order valence-corrected chi connectivity index (χ3v) is 3.53. The van der Waals surface area contributed by atoms with Crippen LogP contribution < -0.4 is 5.32 Å². The molecule has 1 aliphatic heterocycles. The first-order chi connectivity index (χ1) is 7.77. The molecule has 0 aromatic rings. The van der Waals surface area contributed by atoms with Gasteiger partial charge in [-0.25, -0.2) is 0 Å². The van der Waals surface area contributed by atoms with Gasteiger partial charge in [0.25, 0.3) is 0 Å². The number of piperidine rings is 1. The van der Waals surface area contributed by atoms with Gasteiger partial charge >= 0.3 is 0 Å². The first-order valence-corrected chi connectivity index (χ1v) is 6.81. The smallest absolute Gasteiger partial charge is 0.0593 e. The van der Waals surface area contributed by atoms with Gasteiger partial charge in [-0.15, -0.1) is 0 Å². The van der Waals surface area contributed by atoms with Crippen molar-refractivity contribution in [1.82, 2.24) is 10.2 Å². The van der Waals surface area contributed by atoms with E-state index >= 15 is 0 Å². The second kappa shape index (κ2) is 8.04. The standard InChI is InChI=1S/C13H28N2O/c1-4-14-12(3)13-7-6-8-15(11-13)9-10-16-5-2/h12-14H,4-11H2,1-3H3. The fraction of sp³-hybridized carbons (Fsp3) is 1.00. The zero-order valence-electron chi connectivity index (χ0n) is 11.2. The Kier molecular flexibility index (Phi) is 7.01. The van der Waals surface area contributed by atoms with E-state index in [4.69, 9.17) is 4.74 Å². The zero-order chi connectivity index (χ0) is 11.8. The summed E-state index contributed by atoms with van der Waals surface area (Å²) in [6, 6.07) is 0.653. The second-order valence-electron chi connectivity index (χ2n) is 4.75. The summed E-state index contributed by atoms with van der Waals surface area (Å²) in [4.78, 5) is 2.55. The summed E-state index contributed by atoms with van der Waals surface area (Å²) in [5.41, 5.74) is 0. The molecule has 1 saturated heterocycles. The van der Waals surface area contributed by atoms with Gasteiger partial charge in [-0.3, -0.25) is 0 Å². The van der Waals surface area contributed by atoms with Crippen molar-refractivity contribution in [2.24, 2.45) is 5.92 Å². The monoisotopic (exact) mass is 228 g/mol. The molecule has 0 amide bonds. The lowest BCUT2D eigenvalue weighted by molar-refractivity contribution is 0.0854. The van der Waals surface area contributed by atoms with E-state index in [0.717, 1.165) is 32.2 Å². The van der Waals surface area contributed by atoms with Crippen molar-refractivity contribution in [1.29, 1.82) is 0 Å². The molecule has 0 radical (unpaired) electrons. The van der Waals surface area contributed by atoms with Crippen molar-refractivity contribution < 1.29 is 4.74 Å². The molecule has 1 aliphatic rings. The molecule has 1 N–H and O–H groups in total. The molecule has 0 aromatic carbocycles. The van der Waals surface area contributed by atoms with Crippen LogP contribution in [0, 0.1) is 5.92 Å². The molecule has 1 heterocycles. The van der Waals surface area contributed by atoms with Gasteiger partial charge in [0.2, 0.25) is 0 Å². The normalized spacial score (nSPS) is 24.6. The Hall–Kier alpha value is -0.120. The fourth-order valence-corrected chi connectivity index (χ4v) is 2.53. The van der Waals surface area contributed by atoms with Crippen LogP contribution in [0.1, 0.15) is 33.6 Å². The Bertz CT molecular complexity index is 175. The minimum absolute atomic E-state index is 0.653. The first-order valence-electron chi connectivity index (χ1n) is 6.81. The number of hydrogen-bond donors (Lipinski definition) is 1. The van der Waals surface area contributed by atoms with Gasteiger partial charge in [0, 0.05) is 25.7 Å². The topological polar surface area (TPSA) is 24.5 Å². The molecule has 1 rings (SSSR count). The van der Waals surface area contributed by atoms with E-state index in [1.807, 2.05) is 0 Å². The number of rotatable bonds is 7. The second-order valence-corrected chi connectivity index (χ2v) is 4.75. The molecule has 3 nitrogen and oxygen atoms in total. The van der Waals surface area contributed by atoms with Crippen LogP contribution in [0.25, 0.3) is 0 Å². The van der Waals surface area contributed by atoms with Crippen molar-refractivity contribution in [2.75, 3.05) is 39.4 Å². The molecule has 0 bridgehead atoms. The molecular formula is C13H28N2O. The lowest BCUT2D eigenvalue weighted by Gasteiger charge is -2.36. The summed E-state index contributed by atoms with van der Waals surface area (Å²) >= 11 is 0. The summed E-state index contributed by atoms with van der Waals surface area (Å²) in [5, 5.41) is 3.55. The average Bonchev–Trinajstić information content (AvgIpc) is 2.30. The Balaban J connectivity index is 2.23. The van der Waals surface area contributed by atoms with Gasteiger partial charge in [-0.1, -0.05) is 6.92 Å². The van der Waals surface area contributed by atoms with Gasteiger partial charge in [-0.2, -0.15) is 0 Å². The van der Waals surface area contributed by atoms with Crippen LogP contribution in [0.15, 0.2) is 0 Å². The predicted molar refractivity (Wildman–Crippen MR) is 68.8 cm³/mol. The first kappa shape index (κ1) is 13.9. The molecule has 0 aliphatic carbocycles. The molecule has 2 unspecified atom stereocenters.